The average Bonchev–Trinajstić information content (AvgIpc) is 3.14. The molecule has 0 unspecified atom stereocenters. The van der Waals surface area contributed by atoms with Gasteiger partial charge >= 0.3 is 0 Å². The molecule has 2 aromatic carbocycles. The number of carbonyl (C=O) groups excluding carboxylic acids is 1. The van der Waals surface area contributed by atoms with Gasteiger partial charge in [-0.3, -0.25) is 14.9 Å². The van der Waals surface area contributed by atoms with Gasteiger partial charge < -0.3 is 15.2 Å². The first-order valence-corrected chi connectivity index (χ1v) is 10.4. The number of nitrogens with zero attached hydrogens (tertiary/aromatic N) is 4. The van der Waals surface area contributed by atoms with Crippen molar-refractivity contribution in [1.82, 2.24) is 14.8 Å². The van der Waals surface area contributed by atoms with Crippen molar-refractivity contribution in [2.24, 2.45) is 0 Å². The maximum Gasteiger partial charge on any atom is 0.292 e. The Labute approximate surface area is 182 Å². The largest absolute Gasteiger partial charge is 0.378 e. The number of nitrogens with one attached hydrogen (secondary N) is 2. The van der Waals surface area contributed by atoms with E-state index >= 15 is 0 Å². The molecule has 0 aliphatic rings. The molecule has 30 heavy (non-hydrogen) atoms. The molecule has 1 amide bonds. The number of thioether (sulfide) groups is 1. The molecule has 3 rings (SSSR count). The third kappa shape index (κ3) is 5.49. The third-order valence-electron chi connectivity index (χ3n) is 4.11. The molecule has 11 heteroatoms. The fraction of sp³-hybridized carbons (Fsp3) is 0.211. The van der Waals surface area contributed by atoms with Gasteiger partial charge in [0.05, 0.1) is 17.2 Å². The Hall–Kier alpha value is -3.11. The van der Waals surface area contributed by atoms with E-state index in [4.69, 9.17) is 11.6 Å². The van der Waals surface area contributed by atoms with Crippen molar-refractivity contribution < 1.29 is 9.72 Å². The zero-order valence-corrected chi connectivity index (χ0v) is 17.6. The van der Waals surface area contributed by atoms with Crippen molar-refractivity contribution >= 4 is 46.3 Å². The highest BCUT2D eigenvalue weighted by Gasteiger charge is 2.17. The minimum atomic E-state index is -0.531. The second-order valence-electron chi connectivity index (χ2n) is 6.11. The summed E-state index contributed by atoms with van der Waals surface area (Å²) in [4.78, 5) is 22.8. The van der Waals surface area contributed by atoms with E-state index in [0.717, 1.165) is 11.5 Å². The van der Waals surface area contributed by atoms with Gasteiger partial charge in [-0.1, -0.05) is 35.5 Å². The van der Waals surface area contributed by atoms with Crippen molar-refractivity contribution in [2.75, 3.05) is 16.4 Å². The predicted octanol–water partition coefficient (Wildman–Crippen LogP) is 4.20. The second-order valence-corrected chi connectivity index (χ2v) is 7.49. The number of amides is 1. The molecule has 0 saturated carbocycles. The monoisotopic (exact) mass is 446 g/mol. The summed E-state index contributed by atoms with van der Waals surface area (Å²) in [5, 5.41) is 26.5. The Bertz CT molecular complexity index is 1040. The number of halogens is 1. The Kier molecular flexibility index (Phi) is 7.26. The van der Waals surface area contributed by atoms with E-state index in [0.29, 0.717) is 23.3 Å². The van der Waals surface area contributed by atoms with Crippen molar-refractivity contribution in [1.29, 1.82) is 0 Å². The Morgan fingerprint density at radius 1 is 1.20 bits per heavy atom. The molecule has 0 radical (unpaired) electrons. The number of nitro benzene ring substituents is 1. The molecule has 9 nitrogen and oxygen atoms in total. The van der Waals surface area contributed by atoms with E-state index in [2.05, 4.69) is 20.8 Å². The van der Waals surface area contributed by atoms with Crippen LogP contribution in [0, 0.1) is 10.1 Å². The van der Waals surface area contributed by atoms with Gasteiger partial charge in [-0.25, -0.2) is 0 Å². The summed E-state index contributed by atoms with van der Waals surface area (Å²) in [7, 11) is 0. The zero-order valence-electron chi connectivity index (χ0n) is 16.0. The SMILES string of the molecule is CCn1c(CNc2ccc(Cl)cc2)nnc1SCC(=O)Nc1ccccc1[N+](=O)[O-]. The topological polar surface area (TPSA) is 115 Å². The van der Waals surface area contributed by atoms with Crippen LogP contribution in [-0.4, -0.2) is 31.3 Å². The summed E-state index contributed by atoms with van der Waals surface area (Å²) < 4.78 is 1.91. The molecule has 1 aromatic heterocycles. The highest BCUT2D eigenvalue weighted by atomic mass is 35.5. The van der Waals surface area contributed by atoms with Crippen LogP contribution in [0.4, 0.5) is 17.1 Å². The van der Waals surface area contributed by atoms with Crippen molar-refractivity contribution in [2.45, 2.75) is 25.2 Å². The minimum absolute atomic E-state index is 0.0504. The van der Waals surface area contributed by atoms with Crippen LogP contribution in [0.5, 0.6) is 0 Å². The molecule has 0 atom stereocenters. The number of benzene rings is 2. The normalized spacial score (nSPS) is 10.6. The number of aromatic nitrogens is 3. The maximum absolute atomic E-state index is 12.3. The van der Waals surface area contributed by atoms with Crippen LogP contribution in [-0.2, 0) is 17.9 Å². The van der Waals surface area contributed by atoms with Crippen LogP contribution < -0.4 is 10.6 Å². The fourth-order valence-electron chi connectivity index (χ4n) is 2.68. The highest BCUT2D eigenvalue weighted by molar-refractivity contribution is 7.99. The van der Waals surface area contributed by atoms with Crippen LogP contribution in [0.15, 0.2) is 53.7 Å². The Morgan fingerprint density at radius 2 is 1.93 bits per heavy atom. The van der Waals surface area contributed by atoms with Crippen molar-refractivity contribution in [3.05, 3.63) is 69.5 Å². The van der Waals surface area contributed by atoms with Gasteiger partial charge in [0, 0.05) is 23.3 Å². The number of hydrogen-bond acceptors (Lipinski definition) is 7. The lowest BCUT2D eigenvalue weighted by molar-refractivity contribution is -0.383. The summed E-state index contributed by atoms with van der Waals surface area (Å²) in [6.45, 7) is 3.07. The Morgan fingerprint density at radius 3 is 2.63 bits per heavy atom. The molecular formula is C19H19ClN6O3S. The molecule has 1 heterocycles. The third-order valence-corrected chi connectivity index (χ3v) is 5.33. The summed E-state index contributed by atoms with van der Waals surface area (Å²) >= 11 is 7.11. The number of carbonyl (C=O) groups is 1. The molecule has 3 aromatic rings. The van der Waals surface area contributed by atoms with Gasteiger partial charge in [0.15, 0.2) is 11.0 Å². The summed E-state index contributed by atoms with van der Waals surface area (Å²) in [6, 6.07) is 13.4. The molecule has 0 bridgehead atoms. The van der Waals surface area contributed by atoms with Crippen LogP contribution in [0.25, 0.3) is 0 Å². The van der Waals surface area contributed by atoms with Crippen LogP contribution in [0.3, 0.4) is 0 Å². The summed E-state index contributed by atoms with van der Waals surface area (Å²) in [5.74, 6) is 0.421. The lowest BCUT2D eigenvalue weighted by Gasteiger charge is -2.09. The molecular weight excluding hydrogens is 428 g/mol. The zero-order chi connectivity index (χ0) is 21.5. The lowest BCUT2D eigenvalue weighted by atomic mass is 10.2. The quantitative estimate of drug-likeness (QED) is 0.287. The second kappa shape index (κ2) is 10.1. The van der Waals surface area contributed by atoms with E-state index in [9.17, 15) is 14.9 Å². The average molecular weight is 447 g/mol. The van der Waals surface area contributed by atoms with Gasteiger partial charge in [-0.05, 0) is 37.3 Å². The smallest absolute Gasteiger partial charge is 0.292 e. The molecule has 0 saturated heterocycles. The number of para-hydroxylation sites is 2. The van der Waals surface area contributed by atoms with E-state index in [-0.39, 0.29) is 23.0 Å². The maximum atomic E-state index is 12.3. The number of anilines is 2. The Balaban J connectivity index is 1.60. The van der Waals surface area contributed by atoms with Gasteiger partial charge in [0.25, 0.3) is 5.69 Å². The van der Waals surface area contributed by atoms with Crippen molar-refractivity contribution in [3.8, 4) is 0 Å². The molecule has 0 fully saturated rings. The summed E-state index contributed by atoms with van der Waals surface area (Å²) in [5.41, 5.74) is 0.920. The molecule has 0 spiro atoms. The highest BCUT2D eigenvalue weighted by Crippen LogP contribution is 2.24. The molecule has 0 aliphatic carbocycles. The first-order chi connectivity index (χ1) is 14.5. The van der Waals surface area contributed by atoms with E-state index in [1.54, 1.807) is 24.3 Å². The minimum Gasteiger partial charge on any atom is -0.378 e. The van der Waals surface area contributed by atoms with E-state index in [1.165, 1.54) is 23.9 Å². The summed E-state index contributed by atoms with van der Waals surface area (Å²) in [6.07, 6.45) is 0. The van der Waals surface area contributed by atoms with Crippen LogP contribution in [0.1, 0.15) is 12.7 Å². The molecule has 2 N–H and O–H groups in total. The van der Waals surface area contributed by atoms with Crippen LogP contribution >= 0.6 is 23.4 Å². The first kappa shape index (κ1) is 21.6. The lowest BCUT2D eigenvalue weighted by Crippen LogP contribution is -2.16. The molecule has 0 aliphatic heterocycles. The standard InChI is InChI=1S/C19H19ClN6O3S/c1-2-25-17(11-21-14-9-7-13(20)8-10-14)23-24-19(25)30-12-18(27)22-15-5-3-4-6-16(15)26(28)29/h3-10,21H,2,11-12H2,1H3,(H,22,27). The van der Waals surface area contributed by atoms with Gasteiger partial charge in [0.1, 0.15) is 5.69 Å². The predicted molar refractivity (Wildman–Crippen MR) is 117 cm³/mol. The molecule has 156 valence electrons. The first-order valence-electron chi connectivity index (χ1n) is 9.05. The number of nitro groups is 1. The number of hydrogen-bond donors (Lipinski definition) is 2. The fourth-order valence-corrected chi connectivity index (χ4v) is 3.63. The van der Waals surface area contributed by atoms with E-state index < -0.39 is 4.92 Å². The van der Waals surface area contributed by atoms with Gasteiger partial charge in [-0.15, -0.1) is 10.2 Å². The van der Waals surface area contributed by atoms with Crippen molar-refractivity contribution in [3.63, 3.8) is 0 Å². The van der Waals surface area contributed by atoms with Gasteiger partial charge in [0.2, 0.25) is 5.91 Å². The van der Waals surface area contributed by atoms with E-state index in [1.807, 2.05) is 23.6 Å². The number of rotatable bonds is 9. The van der Waals surface area contributed by atoms with Crippen LogP contribution in [0.2, 0.25) is 5.02 Å². The van der Waals surface area contributed by atoms with Gasteiger partial charge in [-0.2, -0.15) is 0 Å².